The van der Waals surface area contributed by atoms with Gasteiger partial charge in [-0.3, -0.25) is 19.4 Å². The Bertz CT molecular complexity index is 1280. The number of rotatable bonds is 3. The Balaban J connectivity index is 1.33. The van der Waals surface area contributed by atoms with E-state index >= 15 is 0 Å². The number of hydrogen-bond donors (Lipinski definition) is 0. The Morgan fingerprint density at radius 2 is 1.84 bits per heavy atom. The summed E-state index contributed by atoms with van der Waals surface area (Å²) in [5.74, 6) is 0.0677. The molecule has 0 bridgehead atoms. The summed E-state index contributed by atoms with van der Waals surface area (Å²) in [6, 6.07) is 12.3. The van der Waals surface area contributed by atoms with Gasteiger partial charge in [-0.15, -0.1) is 0 Å². The van der Waals surface area contributed by atoms with Crippen molar-refractivity contribution in [1.29, 1.82) is 0 Å². The number of fused-ring (bicyclic) bond motifs is 2. The van der Waals surface area contributed by atoms with E-state index in [0.717, 1.165) is 53.0 Å². The molecule has 0 atom stereocenters. The molecule has 0 spiro atoms. The molecule has 7 heteroatoms. The van der Waals surface area contributed by atoms with Crippen molar-refractivity contribution in [2.75, 3.05) is 26.2 Å². The predicted octanol–water partition coefficient (Wildman–Crippen LogP) is 3.09. The second-order valence-electron chi connectivity index (χ2n) is 8.28. The number of hydrogen-bond acceptors (Lipinski definition) is 5. The van der Waals surface area contributed by atoms with Gasteiger partial charge in [0.25, 0.3) is 5.91 Å². The van der Waals surface area contributed by atoms with Crippen molar-refractivity contribution in [2.24, 2.45) is 7.05 Å². The SMILES string of the molecule is Cc1cc(C(=O)N2CCN(Cc3cccc4cccnc34)CC2)c2c(C)nn(C)c2n1. The highest BCUT2D eigenvalue weighted by Crippen LogP contribution is 2.24. The van der Waals surface area contributed by atoms with Gasteiger partial charge in [0, 0.05) is 57.0 Å². The minimum Gasteiger partial charge on any atom is -0.336 e. The van der Waals surface area contributed by atoms with Gasteiger partial charge in [0.05, 0.1) is 22.2 Å². The molecule has 3 aromatic heterocycles. The molecule has 5 rings (SSSR count). The van der Waals surface area contributed by atoms with E-state index in [0.29, 0.717) is 18.7 Å². The Kier molecular flexibility index (Phi) is 4.90. The van der Waals surface area contributed by atoms with E-state index in [4.69, 9.17) is 0 Å². The average molecular weight is 415 g/mol. The molecule has 4 aromatic rings. The van der Waals surface area contributed by atoms with Gasteiger partial charge in [-0.2, -0.15) is 5.10 Å². The fourth-order valence-corrected chi connectivity index (χ4v) is 4.55. The summed E-state index contributed by atoms with van der Waals surface area (Å²) < 4.78 is 1.75. The first-order chi connectivity index (χ1) is 15.0. The number of amides is 1. The van der Waals surface area contributed by atoms with Crippen LogP contribution >= 0.6 is 0 Å². The number of carbonyl (C=O) groups excluding carboxylic acids is 1. The van der Waals surface area contributed by atoms with Crippen LogP contribution in [-0.2, 0) is 13.6 Å². The Labute approximate surface area is 181 Å². The van der Waals surface area contributed by atoms with E-state index in [9.17, 15) is 4.79 Å². The number of para-hydroxylation sites is 1. The maximum Gasteiger partial charge on any atom is 0.254 e. The van der Waals surface area contributed by atoms with Crippen molar-refractivity contribution in [1.82, 2.24) is 29.5 Å². The number of aromatic nitrogens is 4. The van der Waals surface area contributed by atoms with Crippen LogP contribution in [0.25, 0.3) is 21.9 Å². The van der Waals surface area contributed by atoms with Crippen LogP contribution in [0, 0.1) is 13.8 Å². The van der Waals surface area contributed by atoms with Gasteiger partial charge in [0.2, 0.25) is 0 Å². The maximum atomic E-state index is 13.4. The topological polar surface area (TPSA) is 67.2 Å². The summed E-state index contributed by atoms with van der Waals surface area (Å²) in [5.41, 5.74) is 5.44. The van der Waals surface area contributed by atoms with Crippen LogP contribution in [-0.4, -0.2) is 61.6 Å². The Hall–Kier alpha value is -3.32. The molecule has 1 fully saturated rings. The van der Waals surface area contributed by atoms with Crippen LogP contribution in [0.1, 0.15) is 27.3 Å². The standard InChI is InChI=1S/C24H26N6O/c1-16-14-20(21-17(2)27-28(3)23(21)26-16)24(31)30-12-10-29(11-13-30)15-19-7-4-6-18-8-5-9-25-22(18)19/h4-9,14H,10-13,15H2,1-3H3. The van der Waals surface area contributed by atoms with Crippen molar-refractivity contribution in [2.45, 2.75) is 20.4 Å². The highest BCUT2D eigenvalue weighted by Gasteiger charge is 2.26. The number of carbonyl (C=O) groups is 1. The van der Waals surface area contributed by atoms with E-state index in [1.165, 1.54) is 5.56 Å². The third-order valence-electron chi connectivity index (χ3n) is 6.10. The van der Waals surface area contributed by atoms with Crippen LogP contribution in [0.3, 0.4) is 0 Å². The minimum atomic E-state index is 0.0677. The third kappa shape index (κ3) is 3.55. The first-order valence-electron chi connectivity index (χ1n) is 10.7. The summed E-state index contributed by atoms with van der Waals surface area (Å²) in [6.07, 6.45) is 1.85. The summed E-state index contributed by atoms with van der Waals surface area (Å²) in [4.78, 5) is 26.9. The van der Waals surface area contributed by atoms with Gasteiger partial charge in [0.15, 0.2) is 5.65 Å². The summed E-state index contributed by atoms with van der Waals surface area (Å²) in [5, 5.41) is 6.50. The molecule has 1 aliphatic rings. The average Bonchev–Trinajstić information content (AvgIpc) is 3.06. The first kappa shape index (κ1) is 19.6. The van der Waals surface area contributed by atoms with Crippen molar-refractivity contribution in [3.8, 4) is 0 Å². The van der Waals surface area contributed by atoms with Crippen LogP contribution in [0.4, 0.5) is 0 Å². The highest BCUT2D eigenvalue weighted by molar-refractivity contribution is 6.06. The van der Waals surface area contributed by atoms with Gasteiger partial charge >= 0.3 is 0 Å². The molecule has 1 saturated heterocycles. The fourth-order valence-electron chi connectivity index (χ4n) is 4.55. The van der Waals surface area contributed by atoms with E-state index in [-0.39, 0.29) is 5.91 Å². The second kappa shape index (κ2) is 7.74. The fraction of sp³-hybridized carbons (Fsp3) is 0.333. The lowest BCUT2D eigenvalue weighted by Gasteiger charge is -2.35. The molecule has 1 aromatic carbocycles. The zero-order valence-corrected chi connectivity index (χ0v) is 18.2. The van der Waals surface area contributed by atoms with Gasteiger partial charge in [-0.1, -0.05) is 24.3 Å². The zero-order valence-electron chi connectivity index (χ0n) is 18.2. The van der Waals surface area contributed by atoms with E-state index < -0.39 is 0 Å². The van der Waals surface area contributed by atoms with Gasteiger partial charge in [-0.25, -0.2) is 4.98 Å². The van der Waals surface area contributed by atoms with E-state index in [1.54, 1.807) is 4.68 Å². The lowest BCUT2D eigenvalue weighted by molar-refractivity contribution is 0.0630. The normalized spacial score (nSPS) is 15.1. The highest BCUT2D eigenvalue weighted by atomic mass is 16.2. The quantitative estimate of drug-likeness (QED) is 0.515. The third-order valence-corrected chi connectivity index (χ3v) is 6.10. The molecule has 4 heterocycles. The zero-order chi connectivity index (χ0) is 21.5. The second-order valence-corrected chi connectivity index (χ2v) is 8.28. The number of piperazine rings is 1. The van der Waals surface area contributed by atoms with E-state index in [1.807, 2.05) is 44.1 Å². The van der Waals surface area contributed by atoms with Crippen LogP contribution in [0.5, 0.6) is 0 Å². The summed E-state index contributed by atoms with van der Waals surface area (Å²) in [7, 11) is 1.87. The lowest BCUT2D eigenvalue weighted by atomic mass is 10.1. The lowest BCUT2D eigenvalue weighted by Crippen LogP contribution is -2.48. The molecule has 0 saturated carbocycles. The van der Waals surface area contributed by atoms with Crippen molar-refractivity contribution < 1.29 is 4.79 Å². The van der Waals surface area contributed by atoms with Crippen molar-refractivity contribution in [3.63, 3.8) is 0 Å². The van der Waals surface area contributed by atoms with Crippen LogP contribution in [0.2, 0.25) is 0 Å². The maximum absolute atomic E-state index is 13.4. The number of aryl methyl sites for hydroxylation is 3. The summed E-state index contributed by atoms with van der Waals surface area (Å²) >= 11 is 0. The van der Waals surface area contributed by atoms with Gasteiger partial charge in [-0.05, 0) is 31.5 Å². The predicted molar refractivity (Wildman–Crippen MR) is 121 cm³/mol. The van der Waals surface area contributed by atoms with Crippen molar-refractivity contribution in [3.05, 3.63) is 65.1 Å². The number of benzene rings is 1. The van der Waals surface area contributed by atoms with Crippen LogP contribution in [0.15, 0.2) is 42.6 Å². The molecule has 0 aliphatic carbocycles. The Morgan fingerprint density at radius 1 is 1.06 bits per heavy atom. The first-order valence-corrected chi connectivity index (χ1v) is 10.7. The molecular formula is C24H26N6O. The van der Waals surface area contributed by atoms with Crippen LogP contribution < -0.4 is 0 Å². The van der Waals surface area contributed by atoms with Crippen molar-refractivity contribution >= 4 is 27.8 Å². The molecular weight excluding hydrogens is 388 g/mol. The minimum absolute atomic E-state index is 0.0677. The molecule has 1 aliphatic heterocycles. The smallest absolute Gasteiger partial charge is 0.254 e. The Morgan fingerprint density at radius 3 is 2.65 bits per heavy atom. The molecule has 0 N–H and O–H groups in total. The molecule has 158 valence electrons. The molecule has 1 amide bonds. The molecule has 7 nitrogen and oxygen atoms in total. The molecule has 31 heavy (non-hydrogen) atoms. The summed E-state index contributed by atoms with van der Waals surface area (Å²) in [6.45, 7) is 7.80. The van der Waals surface area contributed by atoms with Gasteiger partial charge in [0.1, 0.15) is 0 Å². The van der Waals surface area contributed by atoms with Gasteiger partial charge < -0.3 is 4.90 Å². The molecule has 0 unspecified atom stereocenters. The largest absolute Gasteiger partial charge is 0.336 e. The molecule has 0 radical (unpaired) electrons. The monoisotopic (exact) mass is 414 g/mol. The number of nitrogens with zero attached hydrogens (tertiary/aromatic N) is 6. The van der Waals surface area contributed by atoms with E-state index in [2.05, 4.69) is 44.2 Å². The number of pyridine rings is 2.